The second-order valence-corrected chi connectivity index (χ2v) is 5.88. The van der Waals surface area contributed by atoms with Gasteiger partial charge in [-0.05, 0) is 43.4 Å². The number of para-hydroxylation sites is 1. The van der Waals surface area contributed by atoms with Gasteiger partial charge in [-0.3, -0.25) is 4.79 Å². The summed E-state index contributed by atoms with van der Waals surface area (Å²) >= 11 is 0. The van der Waals surface area contributed by atoms with E-state index in [-0.39, 0.29) is 5.91 Å². The summed E-state index contributed by atoms with van der Waals surface area (Å²) in [5.41, 5.74) is 4.74. The van der Waals surface area contributed by atoms with Crippen LogP contribution in [0.1, 0.15) is 31.0 Å². The number of allylic oxidation sites excluding steroid dienone is 1. The first kappa shape index (κ1) is 11.8. The van der Waals surface area contributed by atoms with Gasteiger partial charge in [0.15, 0.2) is 0 Å². The molecule has 3 heterocycles. The van der Waals surface area contributed by atoms with E-state index in [1.165, 1.54) is 16.5 Å². The van der Waals surface area contributed by atoms with E-state index < -0.39 is 0 Å². The van der Waals surface area contributed by atoms with Crippen molar-refractivity contribution in [3.05, 3.63) is 41.6 Å². The monoisotopic (exact) mass is 266 g/mol. The number of aromatic nitrogens is 1. The molecule has 1 fully saturated rings. The van der Waals surface area contributed by atoms with Crippen LogP contribution in [0.5, 0.6) is 0 Å². The van der Waals surface area contributed by atoms with Crippen molar-refractivity contribution < 1.29 is 4.79 Å². The van der Waals surface area contributed by atoms with Crippen molar-refractivity contribution in [3.63, 3.8) is 0 Å². The van der Waals surface area contributed by atoms with E-state index in [1.807, 2.05) is 11.8 Å². The topological polar surface area (TPSA) is 36.1 Å². The molecule has 4 rings (SSSR count). The molecule has 3 heteroatoms. The molecule has 0 spiro atoms. The van der Waals surface area contributed by atoms with Crippen LogP contribution in [0.4, 0.5) is 0 Å². The maximum Gasteiger partial charge on any atom is 0.247 e. The molecule has 0 aliphatic carbocycles. The lowest BCUT2D eigenvalue weighted by Crippen LogP contribution is -2.36. The number of rotatable bonds is 0. The lowest BCUT2D eigenvalue weighted by Gasteiger charge is -2.26. The zero-order chi connectivity index (χ0) is 13.7. The smallest absolute Gasteiger partial charge is 0.247 e. The number of H-pyrrole nitrogens is 1. The third kappa shape index (κ3) is 1.62. The number of carbonyl (C=O) groups is 1. The first-order chi connectivity index (χ1) is 9.74. The third-order valence-electron chi connectivity index (χ3n) is 4.65. The molecule has 2 aliphatic heterocycles. The predicted molar refractivity (Wildman–Crippen MR) is 80.4 cm³/mol. The summed E-state index contributed by atoms with van der Waals surface area (Å²) in [5.74, 6) is 0.175. The van der Waals surface area contributed by atoms with Crippen LogP contribution in [0, 0.1) is 0 Å². The van der Waals surface area contributed by atoms with Crippen molar-refractivity contribution in [3.8, 4) is 0 Å². The van der Waals surface area contributed by atoms with Crippen molar-refractivity contribution in [2.75, 3.05) is 6.54 Å². The molecule has 0 unspecified atom stereocenters. The second-order valence-electron chi connectivity index (χ2n) is 5.88. The molecule has 1 atom stereocenters. The predicted octanol–water partition coefficient (Wildman–Crippen LogP) is 3.12. The number of aromatic amines is 1. The number of benzene rings is 1. The van der Waals surface area contributed by atoms with E-state index >= 15 is 0 Å². The average Bonchev–Trinajstić information content (AvgIpc) is 3.03. The number of carbonyl (C=O) groups excluding carboxylic acids is 1. The summed E-state index contributed by atoms with van der Waals surface area (Å²) in [6.07, 6.45) is 5.01. The van der Waals surface area contributed by atoms with Crippen LogP contribution in [0.2, 0.25) is 0 Å². The highest BCUT2D eigenvalue weighted by Gasteiger charge is 2.31. The van der Waals surface area contributed by atoms with Crippen molar-refractivity contribution in [2.24, 2.45) is 0 Å². The Morgan fingerprint density at radius 3 is 3.05 bits per heavy atom. The summed E-state index contributed by atoms with van der Waals surface area (Å²) in [7, 11) is 0. The Hall–Kier alpha value is -2.03. The van der Waals surface area contributed by atoms with Gasteiger partial charge in [-0.15, -0.1) is 0 Å². The average molecular weight is 266 g/mol. The molecule has 20 heavy (non-hydrogen) atoms. The van der Waals surface area contributed by atoms with E-state index in [0.29, 0.717) is 6.04 Å². The Bertz CT molecular complexity index is 726. The van der Waals surface area contributed by atoms with E-state index in [4.69, 9.17) is 0 Å². The van der Waals surface area contributed by atoms with Gasteiger partial charge in [0.05, 0.1) is 0 Å². The molecule has 0 radical (unpaired) electrons. The van der Waals surface area contributed by atoms with Gasteiger partial charge < -0.3 is 9.88 Å². The number of nitrogens with zero attached hydrogens (tertiary/aromatic N) is 1. The first-order valence-electron chi connectivity index (χ1n) is 7.33. The number of fused-ring (bicyclic) bond motifs is 4. The van der Waals surface area contributed by atoms with Crippen LogP contribution in [0.3, 0.4) is 0 Å². The Balaban J connectivity index is 1.95. The van der Waals surface area contributed by atoms with E-state index in [1.54, 1.807) is 6.08 Å². The molecule has 1 aromatic heterocycles. The summed E-state index contributed by atoms with van der Waals surface area (Å²) in [5, 5.41) is 1.30. The van der Waals surface area contributed by atoms with E-state index in [2.05, 4.69) is 29.2 Å². The van der Waals surface area contributed by atoms with Crippen LogP contribution >= 0.6 is 0 Å². The molecule has 102 valence electrons. The van der Waals surface area contributed by atoms with Crippen LogP contribution in [-0.2, 0) is 11.2 Å². The Morgan fingerprint density at radius 1 is 1.30 bits per heavy atom. The van der Waals surface area contributed by atoms with Crippen molar-refractivity contribution in [1.82, 2.24) is 9.88 Å². The molecule has 2 aromatic rings. The molecule has 1 aromatic carbocycles. The molecular formula is C17H18N2O. The number of hydrogen-bond acceptors (Lipinski definition) is 1. The lowest BCUT2D eigenvalue weighted by atomic mass is 9.96. The van der Waals surface area contributed by atoms with Gasteiger partial charge in [-0.1, -0.05) is 18.2 Å². The minimum Gasteiger partial charge on any atom is -0.355 e. The highest BCUT2D eigenvalue weighted by molar-refractivity contribution is 5.98. The molecule has 0 bridgehead atoms. The molecule has 2 aliphatic rings. The molecule has 1 N–H and O–H groups in total. The minimum atomic E-state index is 0.175. The largest absolute Gasteiger partial charge is 0.355 e. The van der Waals surface area contributed by atoms with Crippen LogP contribution < -0.4 is 0 Å². The van der Waals surface area contributed by atoms with Crippen molar-refractivity contribution in [1.29, 1.82) is 0 Å². The first-order valence-corrected chi connectivity index (χ1v) is 7.33. The second kappa shape index (κ2) is 4.23. The van der Waals surface area contributed by atoms with Crippen LogP contribution in [0.15, 0.2) is 30.3 Å². The quantitative estimate of drug-likeness (QED) is 0.781. The van der Waals surface area contributed by atoms with Crippen molar-refractivity contribution >= 4 is 22.4 Å². The number of hydrogen-bond donors (Lipinski definition) is 1. The maximum atomic E-state index is 12.3. The van der Waals surface area contributed by atoms with Crippen LogP contribution in [0.25, 0.3) is 16.5 Å². The molecule has 3 nitrogen and oxygen atoms in total. The van der Waals surface area contributed by atoms with Gasteiger partial charge in [0.25, 0.3) is 0 Å². The Labute approximate surface area is 118 Å². The van der Waals surface area contributed by atoms with E-state index in [9.17, 15) is 4.79 Å². The molecule has 1 amide bonds. The lowest BCUT2D eigenvalue weighted by molar-refractivity contribution is -0.126. The molecule has 0 saturated carbocycles. The minimum absolute atomic E-state index is 0.175. The Kier molecular flexibility index (Phi) is 2.49. The summed E-state index contributed by atoms with van der Waals surface area (Å²) in [6, 6.07) is 8.80. The maximum absolute atomic E-state index is 12.3. The fraction of sp³-hybridized carbons (Fsp3) is 0.353. The number of amides is 1. The van der Waals surface area contributed by atoms with E-state index in [0.717, 1.165) is 37.1 Å². The zero-order valence-corrected chi connectivity index (χ0v) is 11.6. The van der Waals surface area contributed by atoms with Gasteiger partial charge in [0.1, 0.15) is 0 Å². The summed E-state index contributed by atoms with van der Waals surface area (Å²) in [4.78, 5) is 17.9. The van der Waals surface area contributed by atoms with Gasteiger partial charge in [-0.25, -0.2) is 0 Å². The fourth-order valence-corrected chi connectivity index (χ4v) is 3.66. The standard InChI is InChI=1S/C17H18N2O/c1-11-9-16(20)19-8-4-5-12(19)10-14-13-6-2-3-7-15(13)18-17(11)14/h2-3,6-7,9,12,18H,4-5,8,10H2,1H3/b11-9-/t12-/m0/s1. The SMILES string of the molecule is C/C1=C/C(=O)N2CCC[C@H]2Cc2c1[nH]c1ccccc21. The van der Waals surface area contributed by atoms with Gasteiger partial charge in [0.2, 0.25) is 5.91 Å². The fourth-order valence-electron chi connectivity index (χ4n) is 3.66. The number of nitrogens with one attached hydrogen (secondary N) is 1. The third-order valence-corrected chi connectivity index (χ3v) is 4.65. The van der Waals surface area contributed by atoms with Gasteiger partial charge in [-0.2, -0.15) is 0 Å². The highest BCUT2D eigenvalue weighted by Crippen LogP contribution is 2.33. The highest BCUT2D eigenvalue weighted by atomic mass is 16.2. The summed E-state index contributed by atoms with van der Waals surface area (Å²) in [6.45, 7) is 2.94. The Morgan fingerprint density at radius 2 is 2.15 bits per heavy atom. The zero-order valence-electron chi connectivity index (χ0n) is 11.6. The summed E-state index contributed by atoms with van der Waals surface area (Å²) < 4.78 is 0. The van der Waals surface area contributed by atoms with Gasteiger partial charge >= 0.3 is 0 Å². The molecular weight excluding hydrogens is 248 g/mol. The normalized spacial score (nSPS) is 24.9. The van der Waals surface area contributed by atoms with Crippen LogP contribution in [-0.4, -0.2) is 28.4 Å². The van der Waals surface area contributed by atoms with Gasteiger partial charge in [0, 0.05) is 35.3 Å². The van der Waals surface area contributed by atoms with Crippen molar-refractivity contribution in [2.45, 2.75) is 32.2 Å². The molecule has 1 saturated heterocycles.